The van der Waals surface area contributed by atoms with Crippen LogP contribution in [0.5, 0.6) is 0 Å². The third-order valence-electron chi connectivity index (χ3n) is 5.22. The number of fused-ring (bicyclic) bond motifs is 1. The summed E-state index contributed by atoms with van der Waals surface area (Å²) in [6, 6.07) is 14.6. The van der Waals surface area contributed by atoms with Gasteiger partial charge in [-0.25, -0.2) is 5.06 Å². The third-order valence-corrected chi connectivity index (χ3v) is 6.29. The molecule has 0 saturated carbocycles. The number of alkyl halides is 1. The first-order chi connectivity index (χ1) is 11.9. The minimum Gasteiger partial charge on any atom is -0.272 e. The van der Waals surface area contributed by atoms with E-state index < -0.39 is 0 Å². The van der Waals surface area contributed by atoms with Crippen molar-refractivity contribution in [3.63, 3.8) is 0 Å². The molecule has 1 aliphatic heterocycles. The topological polar surface area (TPSA) is 29.5 Å². The molecule has 134 valence electrons. The Bertz CT molecular complexity index is 760. The molecule has 3 rings (SSSR count). The van der Waals surface area contributed by atoms with Gasteiger partial charge in [0.25, 0.3) is 5.91 Å². The highest BCUT2D eigenvalue weighted by Gasteiger charge is 2.50. The van der Waals surface area contributed by atoms with Crippen molar-refractivity contribution in [1.82, 2.24) is 5.06 Å². The molecule has 1 aliphatic rings. The zero-order chi connectivity index (χ0) is 18.0. The lowest BCUT2D eigenvalue weighted by molar-refractivity contribution is -0.187. The number of benzene rings is 2. The second kappa shape index (κ2) is 7.62. The second-order valence-corrected chi connectivity index (χ2v) is 8.57. The summed E-state index contributed by atoms with van der Waals surface area (Å²) in [5.74, 6) is 0.989. The van der Waals surface area contributed by atoms with Gasteiger partial charge in [-0.2, -0.15) is 0 Å². The highest BCUT2D eigenvalue weighted by atomic mass is 127. The van der Waals surface area contributed by atoms with Crippen molar-refractivity contribution in [3.8, 4) is 0 Å². The van der Waals surface area contributed by atoms with Crippen LogP contribution in [-0.4, -0.2) is 21.9 Å². The van der Waals surface area contributed by atoms with Crippen LogP contribution >= 0.6 is 22.6 Å². The fourth-order valence-corrected chi connectivity index (χ4v) is 5.11. The molecule has 4 heteroatoms. The van der Waals surface area contributed by atoms with Crippen molar-refractivity contribution >= 4 is 39.3 Å². The molecule has 2 atom stereocenters. The van der Waals surface area contributed by atoms with Crippen molar-refractivity contribution in [1.29, 1.82) is 0 Å². The lowest BCUT2D eigenvalue weighted by Crippen LogP contribution is -2.35. The molecule has 0 radical (unpaired) electrons. The van der Waals surface area contributed by atoms with E-state index in [1.807, 2.05) is 12.1 Å². The zero-order valence-electron chi connectivity index (χ0n) is 15.2. The SMILES string of the molecule is CC(C)C[C@]1(C)C(=O)N(OCc2ccc3ccccc3c2)C[C@@H]1CI. The van der Waals surface area contributed by atoms with E-state index in [2.05, 4.69) is 73.7 Å². The van der Waals surface area contributed by atoms with Crippen molar-refractivity contribution < 1.29 is 9.63 Å². The summed E-state index contributed by atoms with van der Waals surface area (Å²) < 4.78 is 0.975. The van der Waals surface area contributed by atoms with Gasteiger partial charge in [-0.3, -0.25) is 9.63 Å². The summed E-state index contributed by atoms with van der Waals surface area (Å²) >= 11 is 2.40. The molecular formula is C21H26INO2. The molecule has 1 fully saturated rings. The van der Waals surface area contributed by atoms with E-state index in [9.17, 15) is 4.79 Å². The van der Waals surface area contributed by atoms with Gasteiger partial charge in [-0.1, -0.05) is 79.8 Å². The first-order valence-corrected chi connectivity index (χ1v) is 10.4. The van der Waals surface area contributed by atoms with Crippen LogP contribution in [-0.2, 0) is 16.2 Å². The van der Waals surface area contributed by atoms with Gasteiger partial charge in [0.05, 0.1) is 12.0 Å². The standard InChI is InChI=1S/C21H26INO2/c1-15(2)11-21(3)19(12-22)13-23(20(21)24)25-14-16-8-9-17-6-4-5-7-18(17)10-16/h4-10,15,19H,11-14H2,1-3H3/t19-,21-/m0/s1. The number of carbonyl (C=O) groups excluding carboxylic acids is 1. The van der Waals surface area contributed by atoms with Crippen LogP contribution in [0.2, 0.25) is 0 Å². The average molecular weight is 451 g/mol. The number of hydroxylamine groups is 2. The van der Waals surface area contributed by atoms with Crippen LogP contribution < -0.4 is 0 Å². The molecule has 0 bridgehead atoms. The first-order valence-electron chi connectivity index (χ1n) is 8.92. The number of rotatable bonds is 6. The molecule has 0 spiro atoms. The summed E-state index contributed by atoms with van der Waals surface area (Å²) in [5.41, 5.74) is 0.786. The number of hydrogen-bond acceptors (Lipinski definition) is 2. The van der Waals surface area contributed by atoms with Crippen molar-refractivity contribution in [3.05, 3.63) is 48.0 Å². The molecule has 25 heavy (non-hydrogen) atoms. The highest BCUT2D eigenvalue weighted by molar-refractivity contribution is 14.1. The van der Waals surface area contributed by atoms with Crippen molar-refractivity contribution in [2.45, 2.75) is 33.8 Å². The molecule has 2 aromatic rings. The summed E-state index contributed by atoms with van der Waals surface area (Å²) in [5, 5.41) is 4.03. The van der Waals surface area contributed by atoms with Gasteiger partial charge >= 0.3 is 0 Å². The molecular weight excluding hydrogens is 425 g/mol. The maximum Gasteiger partial charge on any atom is 0.252 e. The Balaban J connectivity index is 1.71. The van der Waals surface area contributed by atoms with Gasteiger partial charge in [-0.15, -0.1) is 0 Å². The largest absolute Gasteiger partial charge is 0.272 e. The molecule has 3 nitrogen and oxygen atoms in total. The van der Waals surface area contributed by atoms with Crippen LogP contribution in [0.1, 0.15) is 32.8 Å². The molecule has 1 saturated heterocycles. The summed E-state index contributed by atoms with van der Waals surface area (Å²) in [6.07, 6.45) is 0.912. The summed E-state index contributed by atoms with van der Waals surface area (Å²) in [4.78, 5) is 18.9. The van der Waals surface area contributed by atoms with Crippen LogP contribution in [0.15, 0.2) is 42.5 Å². The molecule has 0 unspecified atom stereocenters. The van der Waals surface area contributed by atoms with Gasteiger partial charge in [0.2, 0.25) is 0 Å². The van der Waals surface area contributed by atoms with Gasteiger partial charge in [-0.05, 0) is 34.7 Å². The Morgan fingerprint density at radius 2 is 1.96 bits per heavy atom. The summed E-state index contributed by atoms with van der Waals surface area (Å²) in [6.45, 7) is 7.60. The molecule has 1 heterocycles. The highest BCUT2D eigenvalue weighted by Crippen LogP contribution is 2.43. The Labute approximate surface area is 163 Å². The van der Waals surface area contributed by atoms with E-state index in [0.29, 0.717) is 25.0 Å². The third kappa shape index (κ3) is 3.85. The lowest BCUT2D eigenvalue weighted by atomic mass is 9.74. The van der Waals surface area contributed by atoms with Crippen molar-refractivity contribution in [2.75, 3.05) is 11.0 Å². The maximum absolute atomic E-state index is 13.0. The lowest BCUT2D eigenvalue weighted by Gasteiger charge is -2.29. The van der Waals surface area contributed by atoms with Crippen LogP contribution in [0.4, 0.5) is 0 Å². The Morgan fingerprint density at radius 3 is 2.64 bits per heavy atom. The maximum atomic E-state index is 13.0. The van der Waals surface area contributed by atoms with E-state index in [-0.39, 0.29) is 11.3 Å². The normalized spacial score (nSPS) is 23.8. The van der Waals surface area contributed by atoms with Gasteiger partial charge in [0, 0.05) is 10.3 Å². The summed E-state index contributed by atoms with van der Waals surface area (Å²) in [7, 11) is 0. The second-order valence-electron chi connectivity index (χ2n) is 7.69. The quantitative estimate of drug-likeness (QED) is 0.446. The monoisotopic (exact) mass is 451 g/mol. The zero-order valence-corrected chi connectivity index (χ0v) is 17.3. The average Bonchev–Trinajstić information content (AvgIpc) is 2.83. The molecule has 2 aromatic carbocycles. The van der Waals surface area contributed by atoms with Crippen LogP contribution in [0, 0.1) is 17.3 Å². The predicted octanol–water partition coefficient (Wildman–Crippen LogP) is 5.22. The van der Waals surface area contributed by atoms with Crippen molar-refractivity contribution in [2.24, 2.45) is 17.3 Å². The smallest absolute Gasteiger partial charge is 0.252 e. The number of hydrogen-bond donors (Lipinski definition) is 0. The van der Waals surface area contributed by atoms with E-state index >= 15 is 0 Å². The van der Waals surface area contributed by atoms with Crippen LogP contribution in [0.3, 0.4) is 0 Å². The van der Waals surface area contributed by atoms with E-state index in [1.165, 1.54) is 10.8 Å². The van der Waals surface area contributed by atoms with Gasteiger partial charge < -0.3 is 0 Å². The van der Waals surface area contributed by atoms with Gasteiger partial charge in [0.1, 0.15) is 6.61 Å². The molecule has 0 aromatic heterocycles. The number of carbonyl (C=O) groups is 1. The first kappa shape index (κ1) is 18.6. The Hall–Kier alpha value is -1.14. The molecule has 0 N–H and O–H groups in total. The predicted molar refractivity (Wildman–Crippen MR) is 110 cm³/mol. The molecule has 1 amide bonds. The minimum atomic E-state index is -0.307. The molecule has 0 aliphatic carbocycles. The van der Waals surface area contributed by atoms with Gasteiger partial charge in [0.15, 0.2) is 0 Å². The van der Waals surface area contributed by atoms with Crippen LogP contribution in [0.25, 0.3) is 10.8 Å². The number of halogens is 1. The minimum absolute atomic E-state index is 0.142. The number of nitrogens with zero attached hydrogens (tertiary/aromatic N) is 1. The fourth-order valence-electron chi connectivity index (χ4n) is 3.86. The Kier molecular flexibility index (Phi) is 5.68. The number of amides is 1. The van der Waals surface area contributed by atoms with E-state index in [4.69, 9.17) is 4.84 Å². The van der Waals surface area contributed by atoms with E-state index in [0.717, 1.165) is 16.4 Å². The van der Waals surface area contributed by atoms with E-state index in [1.54, 1.807) is 5.06 Å². The fraction of sp³-hybridized carbons (Fsp3) is 0.476. The Morgan fingerprint density at radius 1 is 1.24 bits per heavy atom.